The summed E-state index contributed by atoms with van der Waals surface area (Å²) in [5.41, 5.74) is 1.60. The summed E-state index contributed by atoms with van der Waals surface area (Å²) in [6, 6.07) is 6.33. The number of benzene rings is 1. The predicted octanol–water partition coefficient (Wildman–Crippen LogP) is 3.82. The Morgan fingerprint density at radius 3 is 2.65 bits per heavy atom. The summed E-state index contributed by atoms with van der Waals surface area (Å²) in [4.78, 5) is 8.67. The SMILES string of the molecule is CC(C)(C)NCc1ccnc(-c2ccc(F)c(Cl)c2)n1. The van der Waals surface area contributed by atoms with E-state index in [1.165, 1.54) is 12.1 Å². The molecule has 0 spiro atoms. The summed E-state index contributed by atoms with van der Waals surface area (Å²) in [5, 5.41) is 3.43. The molecule has 0 aliphatic rings. The van der Waals surface area contributed by atoms with Gasteiger partial charge in [0.25, 0.3) is 0 Å². The maximum Gasteiger partial charge on any atom is 0.159 e. The number of rotatable bonds is 3. The molecule has 0 atom stereocenters. The second kappa shape index (κ2) is 5.85. The van der Waals surface area contributed by atoms with E-state index in [-0.39, 0.29) is 10.6 Å². The maximum absolute atomic E-state index is 13.2. The molecule has 0 unspecified atom stereocenters. The van der Waals surface area contributed by atoms with E-state index in [1.54, 1.807) is 12.3 Å². The zero-order chi connectivity index (χ0) is 14.8. The Hall–Kier alpha value is -1.52. The molecule has 0 saturated carbocycles. The molecule has 1 aromatic carbocycles. The lowest BCUT2D eigenvalue weighted by molar-refractivity contribution is 0.421. The largest absolute Gasteiger partial charge is 0.306 e. The van der Waals surface area contributed by atoms with Crippen molar-refractivity contribution in [2.75, 3.05) is 0 Å². The second-order valence-corrected chi connectivity index (χ2v) is 6.01. The van der Waals surface area contributed by atoms with E-state index in [1.807, 2.05) is 6.07 Å². The third-order valence-corrected chi connectivity index (χ3v) is 2.98. The third kappa shape index (κ3) is 3.99. The first-order chi connectivity index (χ1) is 9.35. The fourth-order valence-electron chi connectivity index (χ4n) is 1.62. The highest BCUT2D eigenvalue weighted by molar-refractivity contribution is 6.31. The van der Waals surface area contributed by atoms with Gasteiger partial charge in [-0.05, 0) is 45.0 Å². The van der Waals surface area contributed by atoms with E-state index in [2.05, 4.69) is 36.1 Å². The minimum Gasteiger partial charge on any atom is -0.306 e. The van der Waals surface area contributed by atoms with Gasteiger partial charge >= 0.3 is 0 Å². The highest BCUT2D eigenvalue weighted by Gasteiger charge is 2.10. The van der Waals surface area contributed by atoms with Gasteiger partial charge in [-0.25, -0.2) is 14.4 Å². The summed E-state index contributed by atoms with van der Waals surface area (Å²) in [5.74, 6) is 0.0982. The number of hydrogen-bond acceptors (Lipinski definition) is 3. The summed E-state index contributed by atoms with van der Waals surface area (Å²) in [6.45, 7) is 6.92. The second-order valence-electron chi connectivity index (χ2n) is 5.60. The van der Waals surface area contributed by atoms with Crippen LogP contribution in [-0.2, 0) is 6.54 Å². The quantitative estimate of drug-likeness (QED) is 0.935. The van der Waals surface area contributed by atoms with Crippen molar-refractivity contribution in [3.05, 3.63) is 47.0 Å². The molecular weight excluding hydrogens is 277 g/mol. The van der Waals surface area contributed by atoms with Gasteiger partial charge in [0.1, 0.15) is 5.82 Å². The topological polar surface area (TPSA) is 37.8 Å². The molecule has 0 fully saturated rings. The molecule has 0 saturated heterocycles. The van der Waals surface area contributed by atoms with Crippen LogP contribution in [0.2, 0.25) is 5.02 Å². The monoisotopic (exact) mass is 293 g/mol. The van der Waals surface area contributed by atoms with Gasteiger partial charge in [0.05, 0.1) is 10.7 Å². The zero-order valence-electron chi connectivity index (χ0n) is 11.7. The summed E-state index contributed by atoms with van der Waals surface area (Å²) in [7, 11) is 0. The minimum atomic E-state index is -0.444. The average Bonchev–Trinajstić information content (AvgIpc) is 2.39. The van der Waals surface area contributed by atoms with Crippen molar-refractivity contribution in [1.29, 1.82) is 0 Å². The lowest BCUT2D eigenvalue weighted by Gasteiger charge is -2.20. The van der Waals surface area contributed by atoms with Crippen molar-refractivity contribution < 1.29 is 4.39 Å². The van der Waals surface area contributed by atoms with E-state index in [0.29, 0.717) is 17.9 Å². The van der Waals surface area contributed by atoms with E-state index in [4.69, 9.17) is 11.6 Å². The Labute approximate surface area is 123 Å². The first-order valence-electron chi connectivity index (χ1n) is 6.37. The summed E-state index contributed by atoms with van der Waals surface area (Å²) < 4.78 is 13.2. The van der Waals surface area contributed by atoms with Crippen LogP contribution in [0.3, 0.4) is 0 Å². The van der Waals surface area contributed by atoms with Crippen LogP contribution in [-0.4, -0.2) is 15.5 Å². The van der Waals surface area contributed by atoms with Crippen LogP contribution in [0.25, 0.3) is 11.4 Å². The number of halogens is 2. The molecule has 106 valence electrons. The van der Waals surface area contributed by atoms with Crippen molar-refractivity contribution >= 4 is 11.6 Å². The third-order valence-electron chi connectivity index (χ3n) is 2.69. The van der Waals surface area contributed by atoms with Gasteiger partial charge in [-0.15, -0.1) is 0 Å². The van der Waals surface area contributed by atoms with Crippen molar-refractivity contribution in [1.82, 2.24) is 15.3 Å². The van der Waals surface area contributed by atoms with Crippen LogP contribution in [0.5, 0.6) is 0 Å². The first-order valence-corrected chi connectivity index (χ1v) is 6.75. The van der Waals surface area contributed by atoms with Crippen LogP contribution < -0.4 is 5.32 Å². The van der Waals surface area contributed by atoms with E-state index < -0.39 is 5.82 Å². The number of nitrogens with one attached hydrogen (secondary N) is 1. The van der Waals surface area contributed by atoms with Crippen molar-refractivity contribution in [2.45, 2.75) is 32.9 Å². The van der Waals surface area contributed by atoms with Crippen molar-refractivity contribution in [3.63, 3.8) is 0 Å². The van der Waals surface area contributed by atoms with Crippen LogP contribution in [0.4, 0.5) is 4.39 Å². The van der Waals surface area contributed by atoms with Crippen LogP contribution in [0.15, 0.2) is 30.5 Å². The fourth-order valence-corrected chi connectivity index (χ4v) is 1.81. The Balaban J connectivity index is 2.23. The Morgan fingerprint density at radius 2 is 2.00 bits per heavy atom. The van der Waals surface area contributed by atoms with E-state index >= 15 is 0 Å². The molecule has 1 N–H and O–H groups in total. The zero-order valence-corrected chi connectivity index (χ0v) is 12.5. The molecule has 2 rings (SSSR count). The van der Waals surface area contributed by atoms with Crippen LogP contribution >= 0.6 is 11.6 Å². The number of hydrogen-bond donors (Lipinski definition) is 1. The van der Waals surface area contributed by atoms with Gasteiger partial charge in [-0.3, -0.25) is 0 Å². The predicted molar refractivity (Wildman–Crippen MR) is 79.0 cm³/mol. The molecular formula is C15H17ClFN3. The van der Waals surface area contributed by atoms with Crippen molar-refractivity contribution in [3.8, 4) is 11.4 Å². The maximum atomic E-state index is 13.2. The Morgan fingerprint density at radius 1 is 1.25 bits per heavy atom. The molecule has 0 aliphatic heterocycles. The summed E-state index contributed by atoms with van der Waals surface area (Å²) >= 11 is 5.78. The van der Waals surface area contributed by atoms with Gasteiger partial charge in [0.15, 0.2) is 5.82 Å². The highest BCUT2D eigenvalue weighted by Crippen LogP contribution is 2.22. The molecule has 3 nitrogen and oxygen atoms in total. The molecule has 0 amide bonds. The molecule has 1 aromatic heterocycles. The molecule has 5 heteroatoms. The lowest BCUT2D eigenvalue weighted by atomic mass is 10.1. The minimum absolute atomic E-state index is 0.0182. The van der Waals surface area contributed by atoms with Gasteiger partial charge in [-0.1, -0.05) is 11.6 Å². The number of nitrogens with zero attached hydrogens (tertiary/aromatic N) is 2. The molecule has 0 bridgehead atoms. The molecule has 1 heterocycles. The average molecular weight is 294 g/mol. The Kier molecular flexibility index (Phi) is 4.35. The fraction of sp³-hybridized carbons (Fsp3) is 0.333. The Bertz CT molecular complexity index is 608. The molecule has 0 aliphatic carbocycles. The molecule has 0 radical (unpaired) electrons. The lowest BCUT2D eigenvalue weighted by Crippen LogP contribution is -2.35. The van der Waals surface area contributed by atoms with Gasteiger partial charge < -0.3 is 5.32 Å². The van der Waals surface area contributed by atoms with Gasteiger partial charge in [-0.2, -0.15) is 0 Å². The molecule has 20 heavy (non-hydrogen) atoms. The molecule has 2 aromatic rings. The van der Waals surface area contributed by atoms with Crippen LogP contribution in [0, 0.1) is 5.82 Å². The van der Waals surface area contributed by atoms with Gasteiger partial charge in [0, 0.05) is 23.8 Å². The van der Waals surface area contributed by atoms with Crippen LogP contribution in [0.1, 0.15) is 26.5 Å². The first kappa shape index (κ1) is 14.9. The number of aromatic nitrogens is 2. The summed E-state index contributed by atoms with van der Waals surface area (Å²) in [6.07, 6.45) is 1.69. The standard InChI is InChI=1S/C15H17ClFN3/c1-15(2,3)19-9-11-6-7-18-14(20-11)10-4-5-13(17)12(16)8-10/h4-8,19H,9H2,1-3H3. The van der Waals surface area contributed by atoms with E-state index in [0.717, 1.165) is 5.69 Å². The van der Waals surface area contributed by atoms with Gasteiger partial charge in [0.2, 0.25) is 0 Å². The van der Waals surface area contributed by atoms with E-state index in [9.17, 15) is 4.39 Å². The smallest absolute Gasteiger partial charge is 0.159 e. The normalized spacial score (nSPS) is 11.7. The highest BCUT2D eigenvalue weighted by atomic mass is 35.5. The van der Waals surface area contributed by atoms with Crippen molar-refractivity contribution in [2.24, 2.45) is 0 Å².